The summed E-state index contributed by atoms with van der Waals surface area (Å²) in [6.45, 7) is 4.19. The maximum atomic E-state index is 13.5. The smallest absolute Gasteiger partial charge is 0.309 e. The largest absolute Gasteiger partial charge is 0.348 e. The van der Waals surface area contributed by atoms with Crippen molar-refractivity contribution < 1.29 is 22.4 Å². The van der Waals surface area contributed by atoms with Gasteiger partial charge in [0.15, 0.2) is 0 Å². The zero-order chi connectivity index (χ0) is 20.0. The predicted octanol–water partition coefficient (Wildman–Crippen LogP) is 1.32. The third-order valence-corrected chi connectivity index (χ3v) is 6.56. The Hall–Kier alpha value is -2.00. The molecule has 2 N–H and O–H groups in total. The van der Waals surface area contributed by atoms with Gasteiger partial charge in [0.1, 0.15) is 5.82 Å². The third kappa shape index (κ3) is 5.26. The molecule has 2 rings (SSSR count). The third-order valence-electron chi connectivity index (χ3n) is 4.62. The van der Waals surface area contributed by atoms with Gasteiger partial charge in [-0.1, -0.05) is 6.42 Å². The molecule has 9 heteroatoms. The molecule has 2 amide bonds. The summed E-state index contributed by atoms with van der Waals surface area (Å²) in [7, 11) is -3.75. The number of aryl methyl sites for hydroxylation is 1. The van der Waals surface area contributed by atoms with Crippen LogP contribution in [0.25, 0.3) is 0 Å². The number of hydrogen-bond donors (Lipinski definition) is 2. The molecule has 0 aromatic heterocycles. The lowest BCUT2D eigenvalue weighted by Crippen LogP contribution is -2.46. The highest BCUT2D eigenvalue weighted by Gasteiger charge is 2.33. The zero-order valence-corrected chi connectivity index (χ0v) is 16.4. The number of nitrogens with zero attached hydrogens (tertiary/aromatic N) is 1. The van der Waals surface area contributed by atoms with Gasteiger partial charge < -0.3 is 10.6 Å². The standard InChI is InChI=1S/C18H26FN3O4S/c1-3-20-17(23)18(24)21-10-9-14-6-4-5-11-22(14)27(25,26)15-7-8-16(19)13(2)12-15/h7-8,12,14H,3-6,9-11H2,1-2H3,(H,20,23)(H,21,24). The van der Waals surface area contributed by atoms with Crippen LogP contribution in [0.2, 0.25) is 0 Å². The molecular formula is C18H26FN3O4S. The monoisotopic (exact) mass is 399 g/mol. The summed E-state index contributed by atoms with van der Waals surface area (Å²) in [4.78, 5) is 23.2. The van der Waals surface area contributed by atoms with E-state index < -0.39 is 27.7 Å². The van der Waals surface area contributed by atoms with Crippen LogP contribution in [0.15, 0.2) is 23.1 Å². The summed E-state index contributed by atoms with van der Waals surface area (Å²) in [6, 6.07) is 3.50. The van der Waals surface area contributed by atoms with E-state index in [0.29, 0.717) is 25.9 Å². The number of rotatable bonds is 6. The maximum absolute atomic E-state index is 13.5. The second kappa shape index (κ2) is 9.27. The molecule has 1 atom stereocenters. The van der Waals surface area contributed by atoms with E-state index >= 15 is 0 Å². The number of halogens is 1. The van der Waals surface area contributed by atoms with E-state index in [2.05, 4.69) is 10.6 Å². The van der Waals surface area contributed by atoms with Crippen molar-refractivity contribution in [3.8, 4) is 0 Å². The molecular weight excluding hydrogens is 373 g/mol. The van der Waals surface area contributed by atoms with Gasteiger partial charge in [0.05, 0.1) is 4.90 Å². The fraction of sp³-hybridized carbons (Fsp3) is 0.556. The van der Waals surface area contributed by atoms with Gasteiger partial charge in [0.25, 0.3) is 0 Å². The molecule has 1 aliphatic heterocycles. The molecule has 0 spiro atoms. The molecule has 1 aromatic rings. The van der Waals surface area contributed by atoms with Crippen molar-refractivity contribution >= 4 is 21.8 Å². The molecule has 0 radical (unpaired) electrons. The van der Waals surface area contributed by atoms with Crippen LogP contribution in [0.1, 0.15) is 38.2 Å². The number of amides is 2. The minimum atomic E-state index is -3.75. The van der Waals surface area contributed by atoms with E-state index in [4.69, 9.17) is 0 Å². The van der Waals surface area contributed by atoms with Gasteiger partial charge in [0.2, 0.25) is 10.0 Å². The normalized spacial score (nSPS) is 18.1. The Labute approximate surface area is 159 Å². The number of carbonyl (C=O) groups is 2. The topological polar surface area (TPSA) is 95.6 Å². The van der Waals surface area contributed by atoms with Gasteiger partial charge >= 0.3 is 11.8 Å². The van der Waals surface area contributed by atoms with Crippen molar-refractivity contribution in [3.05, 3.63) is 29.6 Å². The van der Waals surface area contributed by atoms with Crippen molar-refractivity contribution in [1.29, 1.82) is 0 Å². The van der Waals surface area contributed by atoms with Gasteiger partial charge in [-0.15, -0.1) is 0 Å². The fourth-order valence-electron chi connectivity index (χ4n) is 3.17. The van der Waals surface area contributed by atoms with Crippen LogP contribution in [0.4, 0.5) is 4.39 Å². The highest BCUT2D eigenvalue weighted by molar-refractivity contribution is 7.89. The van der Waals surface area contributed by atoms with Crippen LogP contribution >= 0.6 is 0 Å². The number of benzene rings is 1. The highest BCUT2D eigenvalue weighted by atomic mass is 32.2. The first kappa shape index (κ1) is 21.3. The number of likely N-dealkylation sites (N-methyl/N-ethyl adjacent to an activating group) is 1. The summed E-state index contributed by atoms with van der Waals surface area (Å²) in [5.41, 5.74) is 0.277. The summed E-state index contributed by atoms with van der Waals surface area (Å²) in [6.07, 6.45) is 2.73. The molecule has 150 valence electrons. The lowest BCUT2D eigenvalue weighted by molar-refractivity contribution is -0.139. The first-order valence-corrected chi connectivity index (χ1v) is 10.6. The number of piperidine rings is 1. The average Bonchev–Trinajstić information content (AvgIpc) is 2.64. The fourth-order valence-corrected chi connectivity index (χ4v) is 4.97. The zero-order valence-electron chi connectivity index (χ0n) is 15.6. The molecule has 1 heterocycles. The Balaban J connectivity index is 2.06. The molecule has 0 aliphatic carbocycles. The molecule has 1 saturated heterocycles. The lowest BCUT2D eigenvalue weighted by atomic mass is 10.0. The Kier molecular flexibility index (Phi) is 7.32. The predicted molar refractivity (Wildman–Crippen MR) is 99.0 cm³/mol. The first-order valence-electron chi connectivity index (χ1n) is 9.11. The van der Waals surface area contributed by atoms with E-state index in [1.54, 1.807) is 6.92 Å². The molecule has 1 fully saturated rings. The Morgan fingerprint density at radius 3 is 2.59 bits per heavy atom. The van der Waals surface area contributed by atoms with Crippen molar-refractivity contribution in [1.82, 2.24) is 14.9 Å². The van der Waals surface area contributed by atoms with Crippen molar-refractivity contribution in [2.75, 3.05) is 19.6 Å². The van der Waals surface area contributed by atoms with Crippen molar-refractivity contribution in [3.63, 3.8) is 0 Å². The highest BCUT2D eigenvalue weighted by Crippen LogP contribution is 2.27. The summed E-state index contributed by atoms with van der Waals surface area (Å²) in [5, 5.41) is 4.93. The van der Waals surface area contributed by atoms with E-state index in [1.807, 2.05) is 0 Å². The summed E-state index contributed by atoms with van der Waals surface area (Å²) >= 11 is 0. The second-order valence-corrected chi connectivity index (χ2v) is 8.47. The van der Waals surface area contributed by atoms with Crippen LogP contribution in [-0.2, 0) is 19.6 Å². The van der Waals surface area contributed by atoms with E-state index in [9.17, 15) is 22.4 Å². The minimum Gasteiger partial charge on any atom is -0.348 e. The van der Waals surface area contributed by atoms with Crippen LogP contribution < -0.4 is 10.6 Å². The molecule has 27 heavy (non-hydrogen) atoms. The quantitative estimate of drug-likeness (QED) is 0.706. The lowest BCUT2D eigenvalue weighted by Gasteiger charge is -2.34. The molecule has 0 bridgehead atoms. The van der Waals surface area contributed by atoms with E-state index in [-0.39, 0.29) is 23.0 Å². The van der Waals surface area contributed by atoms with Crippen LogP contribution in [0, 0.1) is 12.7 Å². The van der Waals surface area contributed by atoms with Crippen LogP contribution in [-0.4, -0.2) is 50.2 Å². The number of sulfonamides is 1. The summed E-state index contributed by atoms with van der Waals surface area (Å²) in [5.74, 6) is -1.87. The number of carbonyl (C=O) groups excluding carboxylic acids is 2. The van der Waals surface area contributed by atoms with E-state index in [0.717, 1.165) is 18.9 Å². The number of hydrogen-bond acceptors (Lipinski definition) is 4. The van der Waals surface area contributed by atoms with Gasteiger partial charge in [-0.3, -0.25) is 9.59 Å². The SMILES string of the molecule is CCNC(=O)C(=O)NCCC1CCCCN1S(=O)(=O)c1ccc(F)c(C)c1. The van der Waals surface area contributed by atoms with Crippen molar-refractivity contribution in [2.24, 2.45) is 0 Å². The Morgan fingerprint density at radius 2 is 1.93 bits per heavy atom. The van der Waals surface area contributed by atoms with Crippen LogP contribution in [0.5, 0.6) is 0 Å². The Bertz CT molecular complexity index is 798. The van der Waals surface area contributed by atoms with E-state index in [1.165, 1.54) is 23.4 Å². The minimum absolute atomic E-state index is 0.0691. The summed E-state index contributed by atoms with van der Waals surface area (Å²) < 4.78 is 40.9. The van der Waals surface area contributed by atoms with Crippen LogP contribution in [0.3, 0.4) is 0 Å². The van der Waals surface area contributed by atoms with Gasteiger partial charge in [-0.05, 0) is 56.9 Å². The first-order chi connectivity index (χ1) is 12.8. The maximum Gasteiger partial charge on any atom is 0.309 e. The number of nitrogens with one attached hydrogen (secondary N) is 2. The van der Waals surface area contributed by atoms with Gasteiger partial charge in [0, 0.05) is 25.7 Å². The molecule has 1 aromatic carbocycles. The van der Waals surface area contributed by atoms with Crippen molar-refractivity contribution in [2.45, 2.75) is 50.5 Å². The molecule has 0 saturated carbocycles. The van der Waals surface area contributed by atoms with Gasteiger partial charge in [-0.2, -0.15) is 4.31 Å². The Morgan fingerprint density at radius 1 is 1.22 bits per heavy atom. The molecule has 1 unspecified atom stereocenters. The second-order valence-electron chi connectivity index (χ2n) is 6.58. The molecule has 7 nitrogen and oxygen atoms in total. The average molecular weight is 399 g/mol. The van der Waals surface area contributed by atoms with Gasteiger partial charge in [-0.25, -0.2) is 12.8 Å². The molecule has 1 aliphatic rings.